The minimum atomic E-state index is -4.13. The topological polar surface area (TPSA) is 92.3 Å². The van der Waals surface area contributed by atoms with Crippen LogP contribution in [-0.2, 0) is 44.3 Å². The van der Waals surface area contributed by atoms with Gasteiger partial charge in [0, 0.05) is 0 Å². The molecule has 0 unspecified atom stereocenters. The van der Waals surface area contributed by atoms with Crippen molar-refractivity contribution in [2.75, 3.05) is 66.1 Å². The second-order valence-electron chi connectivity index (χ2n) is 5.15. The van der Waals surface area contributed by atoms with Crippen LogP contribution in [0.15, 0.2) is 0 Å². The van der Waals surface area contributed by atoms with Crippen molar-refractivity contribution in [1.29, 1.82) is 0 Å². The summed E-state index contributed by atoms with van der Waals surface area (Å²) < 4.78 is 56.1. The minimum absolute atomic E-state index is 0.122. The first-order valence-electron chi connectivity index (χ1n) is 7.43. The van der Waals surface area contributed by atoms with E-state index in [1.54, 1.807) is 0 Å². The Morgan fingerprint density at radius 2 is 0.682 bits per heavy atom. The Kier molecular flexibility index (Phi) is 3.72. The third-order valence-corrected chi connectivity index (χ3v) is 10.5. The maximum absolute atomic E-state index is 5.74. The Balaban J connectivity index is 1.35. The molecular formula is C10H20O10Si2-2. The summed E-state index contributed by atoms with van der Waals surface area (Å²) in [5.41, 5.74) is 0. The molecule has 4 fully saturated rings. The van der Waals surface area contributed by atoms with Gasteiger partial charge in [-0.3, -0.25) is 0 Å². The molecule has 0 aliphatic carbocycles. The fraction of sp³-hybridized carbons (Fsp3) is 1.00. The van der Waals surface area contributed by atoms with E-state index in [0.717, 1.165) is 0 Å². The molecule has 22 heavy (non-hydrogen) atoms. The van der Waals surface area contributed by atoms with E-state index in [9.17, 15) is 0 Å². The number of hydrogen-bond acceptors (Lipinski definition) is 10. The molecule has 0 aromatic heterocycles. The second kappa shape index (κ2) is 5.27. The van der Waals surface area contributed by atoms with Crippen LogP contribution in [0.5, 0.6) is 0 Å². The molecule has 130 valence electrons. The standard InChI is InChI=1S/C10H20O10Si2/c1-2-12-21(11-1,13-3-4-14-21)19-9-10-20-22(15-5-6-16-22)17-7-8-18-22/h1-10H2/q-2. The van der Waals surface area contributed by atoms with E-state index in [-0.39, 0.29) is 13.2 Å². The third kappa shape index (κ3) is 2.40. The van der Waals surface area contributed by atoms with E-state index in [0.29, 0.717) is 52.9 Å². The van der Waals surface area contributed by atoms with Gasteiger partial charge in [0.1, 0.15) is 0 Å². The van der Waals surface area contributed by atoms with E-state index < -0.39 is 17.1 Å². The monoisotopic (exact) mass is 356 g/mol. The van der Waals surface area contributed by atoms with Crippen LogP contribution in [0.25, 0.3) is 0 Å². The molecule has 4 saturated heterocycles. The summed E-state index contributed by atoms with van der Waals surface area (Å²) in [6.07, 6.45) is 0. The zero-order valence-corrected chi connectivity index (χ0v) is 14.2. The van der Waals surface area contributed by atoms with Gasteiger partial charge in [0.05, 0.1) is 0 Å². The Bertz CT molecular complexity index is 336. The zero-order chi connectivity index (χ0) is 15.0. The van der Waals surface area contributed by atoms with E-state index in [2.05, 4.69) is 0 Å². The van der Waals surface area contributed by atoms with Gasteiger partial charge >= 0.3 is 127 Å². The van der Waals surface area contributed by atoms with Crippen LogP contribution in [0.3, 0.4) is 0 Å². The maximum atomic E-state index is 5.74. The van der Waals surface area contributed by atoms with Crippen molar-refractivity contribution >= 4 is 17.1 Å². The SMILES string of the molecule is C(CO[Si-]12(OCCO1)OCCO2)O[Si-]12(OCCO1)OCCO2. The Hall–Kier alpha value is 0.0338. The van der Waals surface area contributed by atoms with Crippen LogP contribution in [0.4, 0.5) is 0 Å². The fourth-order valence-corrected chi connectivity index (χ4v) is 8.75. The molecule has 4 aliphatic rings. The summed E-state index contributed by atoms with van der Waals surface area (Å²) in [7, 11) is -8.25. The van der Waals surface area contributed by atoms with Crippen molar-refractivity contribution in [2.24, 2.45) is 0 Å². The van der Waals surface area contributed by atoms with Gasteiger partial charge < -0.3 is 0 Å². The molecule has 0 bridgehead atoms. The predicted molar refractivity (Wildman–Crippen MR) is 71.0 cm³/mol. The Morgan fingerprint density at radius 1 is 0.455 bits per heavy atom. The van der Waals surface area contributed by atoms with Crippen LogP contribution in [0, 0.1) is 0 Å². The van der Waals surface area contributed by atoms with E-state index in [1.165, 1.54) is 0 Å². The summed E-state index contributed by atoms with van der Waals surface area (Å²) >= 11 is 0. The van der Waals surface area contributed by atoms with Crippen molar-refractivity contribution in [2.45, 2.75) is 0 Å². The van der Waals surface area contributed by atoms with Crippen molar-refractivity contribution in [3.05, 3.63) is 0 Å². The van der Waals surface area contributed by atoms with Crippen molar-refractivity contribution < 1.29 is 44.3 Å². The Labute approximate surface area is 128 Å². The Morgan fingerprint density at radius 3 is 0.909 bits per heavy atom. The number of rotatable bonds is 5. The van der Waals surface area contributed by atoms with Crippen molar-refractivity contribution in [3.63, 3.8) is 0 Å². The van der Waals surface area contributed by atoms with Gasteiger partial charge in [-0.25, -0.2) is 0 Å². The van der Waals surface area contributed by atoms with Gasteiger partial charge in [-0.05, 0) is 0 Å². The van der Waals surface area contributed by atoms with Gasteiger partial charge in [0.25, 0.3) is 0 Å². The van der Waals surface area contributed by atoms with Crippen molar-refractivity contribution in [1.82, 2.24) is 0 Å². The molecule has 4 aliphatic heterocycles. The van der Waals surface area contributed by atoms with Crippen LogP contribution >= 0.6 is 0 Å². The van der Waals surface area contributed by atoms with E-state index in [4.69, 9.17) is 44.3 Å². The van der Waals surface area contributed by atoms with E-state index in [1.807, 2.05) is 0 Å². The summed E-state index contributed by atoms with van der Waals surface area (Å²) in [4.78, 5) is 0. The van der Waals surface area contributed by atoms with Crippen LogP contribution in [-0.4, -0.2) is 83.2 Å². The molecule has 0 aromatic rings. The summed E-state index contributed by atoms with van der Waals surface area (Å²) in [6.45, 7) is 3.31. The predicted octanol–water partition coefficient (Wildman–Crippen LogP) is -1.02. The van der Waals surface area contributed by atoms with Crippen molar-refractivity contribution in [3.8, 4) is 0 Å². The summed E-state index contributed by atoms with van der Waals surface area (Å²) in [5, 5.41) is 0. The van der Waals surface area contributed by atoms with Gasteiger partial charge in [-0.15, -0.1) is 0 Å². The molecule has 0 radical (unpaired) electrons. The fourth-order valence-electron chi connectivity index (χ4n) is 2.92. The summed E-state index contributed by atoms with van der Waals surface area (Å²) in [6, 6.07) is 0. The average molecular weight is 356 g/mol. The molecule has 2 spiro atoms. The summed E-state index contributed by atoms with van der Waals surface area (Å²) in [5.74, 6) is 0. The van der Waals surface area contributed by atoms with Gasteiger partial charge in [0.15, 0.2) is 0 Å². The molecule has 0 amide bonds. The number of hydrogen-bond donors (Lipinski definition) is 0. The van der Waals surface area contributed by atoms with E-state index >= 15 is 0 Å². The quantitative estimate of drug-likeness (QED) is 0.450. The molecule has 4 rings (SSSR count). The first-order valence-corrected chi connectivity index (χ1v) is 11.5. The van der Waals surface area contributed by atoms with Crippen LogP contribution < -0.4 is 0 Å². The molecule has 0 atom stereocenters. The zero-order valence-electron chi connectivity index (χ0n) is 12.2. The molecule has 10 nitrogen and oxygen atoms in total. The first kappa shape index (κ1) is 15.6. The second-order valence-corrected chi connectivity index (χ2v) is 11.4. The first-order chi connectivity index (χ1) is 10.7. The van der Waals surface area contributed by atoms with Gasteiger partial charge in [-0.2, -0.15) is 0 Å². The molecule has 4 heterocycles. The normalized spacial score (nSPS) is 37.8. The molecular weight excluding hydrogens is 336 g/mol. The van der Waals surface area contributed by atoms with Gasteiger partial charge in [-0.1, -0.05) is 0 Å². The van der Waals surface area contributed by atoms with Crippen LogP contribution in [0.2, 0.25) is 0 Å². The third-order valence-electron chi connectivity index (χ3n) is 3.79. The molecule has 0 saturated carbocycles. The average Bonchev–Trinajstić information content (AvgIpc) is 3.30. The molecule has 12 heteroatoms. The molecule has 0 aromatic carbocycles. The van der Waals surface area contributed by atoms with Crippen LogP contribution in [0.1, 0.15) is 0 Å². The van der Waals surface area contributed by atoms with Gasteiger partial charge in [0.2, 0.25) is 0 Å². The molecule has 0 N–H and O–H groups in total.